The first-order valence-corrected chi connectivity index (χ1v) is 4.22. The lowest BCUT2D eigenvalue weighted by Gasteiger charge is -2.02. The molecule has 0 saturated heterocycles. The van der Waals surface area contributed by atoms with Gasteiger partial charge in [-0.1, -0.05) is 24.8 Å². The summed E-state index contributed by atoms with van der Waals surface area (Å²) in [7, 11) is 0. The lowest BCUT2D eigenvalue weighted by Crippen LogP contribution is -2.15. The van der Waals surface area contributed by atoms with Crippen molar-refractivity contribution < 1.29 is 9.63 Å². The fourth-order valence-electron chi connectivity index (χ4n) is 1.27. The molecule has 0 atom stereocenters. The molecule has 2 rings (SSSR count). The number of nitrogens with zero attached hydrogens (tertiary/aromatic N) is 1. The Kier molecular flexibility index (Phi) is 2.07. The van der Waals surface area contributed by atoms with Crippen LogP contribution in [0, 0.1) is 0 Å². The molecule has 0 amide bonds. The number of para-hydroxylation sites is 1. The number of hydrogen-bond acceptors (Lipinski definition) is 2. The molecule has 0 saturated carbocycles. The van der Waals surface area contributed by atoms with E-state index in [1.54, 1.807) is 6.20 Å². The van der Waals surface area contributed by atoms with Gasteiger partial charge < -0.3 is 4.84 Å². The molecule has 0 N–H and O–H groups in total. The minimum absolute atomic E-state index is 0.466. The molecule has 2 aromatic rings. The van der Waals surface area contributed by atoms with E-state index in [-0.39, 0.29) is 0 Å². The number of benzene rings is 1. The molecule has 0 bridgehead atoms. The largest absolute Gasteiger partial charge is 0.355 e. The quantitative estimate of drug-likeness (QED) is 0.671. The monoisotopic (exact) mass is 187 g/mol. The van der Waals surface area contributed by atoms with Gasteiger partial charge in [-0.2, -0.15) is 4.73 Å². The van der Waals surface area contributed by atoms with Gasteiger partial charge in [0.25, 0.3) is 0 Å². The lowest BCUT2D eigenvalue weighted by atomic mass is 10.3. The highest BCUT2D eigenvalue weighted by atomic mass is 16.7. The van der Waals surface area contributed by atoms with Gasteiger partial charge in [-0.05, 0) is 12.1 Å². The molecule has 0 aliphatic heterocycles. The van der Waals surface area contributed by atoms with E-state index in [0.717, 1.165) is 17.0 Å². The predicted molar refractivity (Wildman–Crippen MR) is 53.7 cm³/mol. The Bertz CT molecular complexity index is 485. The number of rotatable bonds is 2. The van der Waals surface area contributed by atoms with Crippen molar-refractivity contribution in [2.45, 2.75) is 0 Å². The second-order valence-electron chi connectivity index (χ2n) is 2.81. The van der Waals surface area contributed by atoms with Crippen molar-refractivity contribution >= 4 is 16.9 Å². The molecule has 3 heteroatoms. The molecule has 1 aromatic carbocycles. The molecule has 1 heterocycles. The van der Waals surface area contributed by atoms with Crippen LogP contribution in [0.15, 0.2) is 49.2 Å². The van der Waals surface area contributed by atoms with E-state index in [0.29, 0.717) is 0 Å². The standard InChI is InChI=1S/C11H9NO2/c1-2-11(13)14-12-8-7-9-5-3-4-6-10(9)12/h2-8H,1H2. The Labute approximate surface area is 81.2 Å². The maximum absolute atomic E-state index is 11.0. The van der Waals surface area contributed by atoms with Gasteiger partial charge in [0.1, 0.15) is 0 Å². The fraction of sp³-hybridized carbons (Fsp3) is 0. The van der Waals surface area contributed by atoms with Gasteiger partial charge in [0.15, 0.2) is 0 Å². The first-order chi connectivity index (χ1) is 6.81. The van der Waals surface area contributed by atoms with Crippen LogP contribution in [0.1, 0.15) is 0 Å². The van der Waals surface area contributed by atoms with E-state index in [1.807, 2.05) is 30.3 Å². The van der Waals surface area contributed by atoms with Crippen molar-refractivity contribution in [3.63, 3.8) is 0 Å². The van der Waals surface area contributed by atoms with E-state index in [1.165, 1.54) is 4.73 Å². The van der Waals surface area contributed by atoms with Crippen molar-refractivity contribution in [1.82, 2.24) is 4.73 Å². The minimum atomic E-state index is -0.466. The van der Waals surface area contributed by atoms with Gasteiger partial charge in [-0.15, -0.1) is 0 Å². The molecule has 0 aliphatic rings. The smallest absolute Gasteiger partial charge is 0.332 e. The number of carbonyl (C=O) groups excluding carboxylic acids is 1. The maximum atomic E-state index is 11.0. The van der Waals surface area contributed by atoms with Crippen LogP contribution in [0.3, 0.4) is 0 Å². The van der Waals surface area contributed by atoms with Gasteiger partial charge in [-0.25, -0.2) is 4.79 Å². The molecule has 1 aromatic heterocycles. The van der Waals surface area contributed by atoms with Crippen LogP contribution in [0.5, 0.6) is 0 Å². The summed E-state index contributed by atoms with van der Waals surface area (Å²) in [5, 5.41) is 1.03. The van der Waals surface area contributed by atoms with Crippen LogP contribution >= 0.6 is 0 Å². The van der Waals surface area contributed by atoms with Gasteiger partial charge in [0.05, 0.1) is 5.52 Å². The number of carbonyl (C=O) groups is 1. The lowest BCUT2D eigenvalue weighted by molar-refractivity contribution is -0.137. The number of hydrogen-bond donors (Lipinski definition) is 0. The molecule has 3 nitrogen and oxygen atoms in total. The average molecular weight is 187 g/mol. The minimum Gasteiger partial charge on any atom is -0.332 e. The van der Waals surface area contributed by atoms with Crippen molar-refractivity contribution in [1.29, 1.82) is 0 Å². The zero-order valence-corrected chi connectivity index (χ0v) is 7.51. The van der Waals surface area contributed by atoms with Crippen molar-refractivity contribution in [3.05, 3.63) is 49.2 Å². The Morgan fingerprint density at radius 3 is 2.93 bits per heavy atom. The Balaban J connectivity index is 2.43. The number of fused-ring (bicyclic) bond motifs is 1. The average Bonchev–Trinajstić information content (AvgIpc) is 2.62. The van der Waals surface area contributed by atoms with Crippen LogP contribution in [0.4, 0.5) is 0 Å². The van der Waals surface area contributed by atoms with Crippen molar-refractivity contribution in [3.8, 4) is 0 Å². The summed E-state index contributed by atoms with van der Waals surface area (Å²) in [5.41, 5.74) is 0.864. The zero-order valence-electron chi connectivity index (χ0n) is 7.51. The molecule has 14 heavy (non-hydrogen) atoms. The van der Waals surface area contributed by atoms with Crippen LogP contribution < -0.4 is 4.84 Å². The van der Waals surface area contributed by atoms with Crippen molar-refractivity contribution in [2.75, 3.05) is 0 Å². The second-order valence-corrected chi connectivity index (χ2v) is 2.81. The van der Waals surface area contributed by atoms with Crippen LogP contribution in [0.25, 0.3) is 10.9 Å². The molecule has 0 aliphatic carbocycles. The van der Waals surface area contributed by atoms with E-state index in [4.69, 9.17) is 4.84 Å². The topological polar surface area (TPSA) is 31.2 Å². The SMILES string of the molecule is C=CC(=O)On1ccc2ccccc21. The third-order valence-electron chi connectivity index (χ3n) is 1.92. The number of aromatic nitrogens is 1. The Morgan fingerprint density at radius 1 is 1.36 bits per heavy atom. The molecule has 0 fully saturated rings. The van der Waals surface area contributed by atoms with Gasteiger partial charge in [0.2, 0.25) is 0 Å². The predicted octanol–water partition coefficient (Wildman–Crippen LogP) is 1.78. The highest BCUT2D eigenvalue weighted by Gasteiger charge is 2.02. The molecule has 0 radical (unpaired) electrons. The molecular weight excluding hydrogens is 178 g/mol. The Morgan fingerprint density at radius 2 is 2.14 bits per heavy atom. The van der Waals surface area contributed by atoms with Crippen LogP contribution in [-0.4, -0.2) is 10.7 Å². The fourth-order valence-corrected chi connectivity index (χ4v) is 1.27. The highest BCUT2D eigenvalue weighted by molar-refractivity contribution is 5.84. The summed E-state index contributed by atoms with van der Waals surface area (Å²) in [6, 6.07) is 9.54. The third-order valence-corrected chi connectivity index (χ3v) is 1.92. The molecular formula is C11H9NO2. The van der Waals surface area contributed by atoms with Gasteiger partial charge >= 0.3 is 5.97 Å². The van der Waals surface area contributed by atoms with E-state index < -0.39 is 5.97 Å². The van der Waals surface area contributed by atoms with Gasteiger partial charge in [-0.3, -0.25) is 0 Å². The molecule has 0 unspecified atom stereocenters. The highest BCUT2D eigenvalue weighted by Crippen LogP contribution is 2.13. The first-order valence-electron chi connectivity index (χ1n) is 4.22. The summed E-state index contributed by atoms with van der Waals surface area (Å²) in [4.78, 5) is 15.9. The van der Waals surface area contributed by atoms with E-state index in [9.17, 15) is 4.79 Å². The Hall–Kier alpha value is -2.03. The summed E-state index contributed by atoms with van der Waals surface area (Å²) < 4.78 is 1.43. The maximum Gasteiger partial charge on any atom is 0.355 e. The molecule has 70 valence electrons. The zero-order chi connectivity index (χ0) is 9.97. The summed E-state index contributed by atoms with van der Waals surface area (Å²) in [5.74, 6) is -0.466. The van der Waals surface area contributed by atoms with Crippen molar-refractivity contribution in [2.24, 2.45) is 0 Å². The third kappa shape index (κ3) is 1.40. The van der Waals surface area contributed by atoms with Crippen LogP contribution in [0.2, 0.25) is 0 Å². The first kappa shape index (κ1) is 8.56. The van der Waals surface area contributed by atoms with Crippen LogP contribution in [-0.2, 0) is 4.79 Å². The van der Waals surface area contributed by atoms with E-state index in [2.05, 4.69) is 6.58 Å². The summed E-state index contributed by atoms with van der Waals surface area (Å²) in [6.45, 7) is 3.33. The summed E-state index contributed by atoms with van der Waals surface area (Å²) in [6.07, 6.45) is 2.83. The normalized spacial score (nSPS) is 10.0. The molecule has 0 spiro atoms. The van der Waals surface area contributed by atoms with Gasteiger partial charge in [0, 0.05) is 17.7 Å². The second kappa shape index (κ2) is 3.38. The van der Waals surface area contributed by atoms with E-state index >= 15 is 0 Å². The summed E-state index contributed by atoms with van der Waals surface area (Å²) >= 11 is 0.